The highest BCUT2D eigenvalue weighted by Gasteiger charge is 2.36. The first kappa shape index (κ1) is 13.9. The summed E-state index contributed by atoms with van der Waals surface area (Å²) in [6.45, 7) is 0. The second-order valence-corrected chi connectivity index (χ2v) is 5.83. The van der Waals surface area contributed by atoms with Crippen LogP contribution < -0.4 is 4.90 Å². The van der Waals surface area contributed by atoms with Gasteiger partial charge < -0.3 is 0 Å². The summed E-state index contributed by atoms with van der Waals surface area (Å²) in [4.78, 5) is 26.0. The van der Waals surface area contributed by atoms with Gasteiger partial charge in [0.1, 0.15) is 0 Å². The molecule has 2 aromatic rings. The fourth-order valence-electron chi connectivity index (χ4n) is 1.98. The Morgan fingerprint density at radius 1 is 0.952 bits per heavy atom. The Bertz CT molecular complexity index is 726. The van der Waals surface area contributed by atoms with Gasteiger partial charge in [-0.15, -0.1) is 0 Å². The number of hydrogen-bond donors (Lipinski definition) is 0. The summed E-state index contributed by atoms with van der Waals surface area (Å²) in [6, 6.07) is 16.0. The third-order valence-electron chi connectivity index (χ3n) is 2.98. The largest absolute Gasteiger partial charge is 0.298 e. The van der Waals surface area contributed by atoms with Crippen molar-refractivity contribution in [3.8, 4) is 0 Å². The van der Waals surface area contributed by atoms with Gasteiger partial charge in [-0.2, -0.15) is 0 Å². The highest BCUT2D eigenvalue weighted by molar-refractivity contribution is 8.19. The lowest BCUT2D eigenvalue weighted by molar-refractivity contribution is -0.113. The number of carbonyl (C=O) groups is 2. The van der Waals surface area contributed by atoms with Gasteiger partial charge in [0.2, 0.25) is 0 Å². The van der Waals surface area contributed by atoms with Crippen molar-refractivity contribution >= 4 is 46.3 Å². The van der Waals surface area contributed by atoms with Gasteiger partial charge in [-0.25, -0.2) is 4.90 Å². The third-order valence-corrected chi connectivity index (χ3v) is 4.10. The molecule has 1 fully saturated rings. The number of para-hydroxylation sites is 1. The molecule has 0 spiro atoms. The van der Waals surface area contributed by atoms with E-state index in [-0.39, 0.29) is 11.1 Å². The molecular weight excluding hydrogens is 306 g/mol. The number of hydrogen-bond acceptors (Lipinski definition) is 3. The summed E-state index contributed by atoms with van der Waals surface area (Å²) in [5.74, 6) is -0.300. The van der Waals surface area contributed by atoms with Gasteiger partial charge in [-0.05, 0) is 47.7 Å². The Morgan fingerprint density at radius 3 is 2.29 bits per heavy atom. The Hall–Kier alpha value is -2.04. The Kier molecular flexibility index (Phi) is 3.82. The van der Waals surface area contributed by atoms with Gasteiger partial charge in [0, 0.05) is 5.02 Å². The lowest BCUT2D eigenvalue weighted by Gasteiger charge is -2.11. The Labute approximate surface area is 131 Å². The maximum Gasteiger partial charge on any atom is 0.298 e. The van der Waals surface area contributed by atoms with Gasteiger partial charge in [-0.3, -0.25) is 9.59 Å². The third kappa shape index (κ3) is 2.86. The first-order valence-corrected chi connectivity index (χ1v) is 7.43. The van der Waals surface area contributed by atoms with Crippen LogP contribution in [0.5, 0.6) is 0 Å². The van der Waals surface area contributed by atoms with Crippen LogP contribution in [0.15, 0.2) is 59.5 Å². The lowest BCUT2D eigenvalue weighted by atomic mass is 10.2. The van der Waals surface area contributed by atoms with Crippen molar-refractivity contribution in [2.24, 2.45) is 0 Å². The molecule has 0 saturated carbocycles. The van der Waals surface area contributed by atoms with E-state index in [9.17, 15) is 9.59 Å². The van der Waals surface area contributed by atoms with E-state index in [1.165, 1.54) is 4.90 Å². The van der Waals surface area contributed by atoms with Crippen LogP contribution in [0.25, 0.3) is 6.08 Å². The quantitative estimate of drug-likeness (QED) is 0.761. The Morgan fingerprint density at radius 2 is 1.62 bits per heavy atom. The van der Waals surface area contributed by atoms with Crippen molar-refractivity contribution in [2.75, 3.05) is 4.90 Å². The second-order valence-electron chi connectivity index (χ2n) is 4.40. The first-order chi connectivity index (χ1) is 10.1. The molecule has 0 bridgehead atoms. The smallest absolute Gasteiger partial charge is 0.268 e. The van der Waals surface area contributed by atoms with Crippen molar-refractivity contribution in [1.82, 2.24) is 0 Å². The van der Waals surface area contributed by atoms with E-state index >= 15 is 0 Å². The van der Waals surface area contributed by atoms with Gasteiger partial charge in [0.15, 0.2) is 0 Å². The molecule has 0 unspecified atom stereocenters. The molecule has 3 rings (SSSR count). The van der Waals surface area contributed by atoms with Crippen molar-refractivity contribution in [3.63, 3.8) is 0 Å². The van der Waals surface area contributed by atoms with Crippen molar-refractivity contribution in [3.05, 3.63) is 70.1 Å². The van der Waals surface area contributed by atoms with Gasteiger partial charge in [0.25, 0.3) is 11.1 Å². The fraction of sp³-hybridized carbons (Fsp3) is 0. The van der Waals surface area contributed by atoms with E-state index in [2.05, 4.69) is 0 Å². The van der Waals surface area contributed by atoms with Crippen LogP contribution in [0.4, 0.5) is 10.5 Å². The number of carbonyl (C=O) groups excluding carboxylic acids is 2. The summed E-state index contributed by atoms with van der Waals surface area (Å²) in [6.07, 6.45) is 1.70. The molecule has 2 amide bonds. The molecule has 2 aromatic carbocycles. The van der Waals surface area contributed by atoms with E-state index in [4.69, 9.17) is 11.6 Å². The minimum atomic E-state index is -0.300. The number of rotatable bonds is 2. The van der Waals surface area contributed by atoms with Crippen LogP contribution in [-0.2, 0) is 4.79 Å². The molecule has 3 nitrogen and oxygen atoms in total. The zero-order valence-corrected chi connectivity index (χ0v) is 12.4. The average Bonchev–Trinajstić information content (AvgIpc) is 2.77. The number of amides is 2. The zero-order chi connectivity index (χ0) is 14.8. The van der Waals surface area contributed by atoms with Crippen LogP contribution in [0.2, 0.25) is 5.02 Å². The summed E-state index contributed by atoms with van der Waals surface area (Å²) in [5, 5.41) is 0.343. The number of benzene rings is 2. The summed E-state index contributed by atoms with van der Waals surface area (Å²) in [7, 11) is 0. The Balaban J connectivity index is 1.92. The SMILES string of the molecule is O=C1SC(=Cc2ccc(Cl)cc2)C(=O)N1c1ccccc1. The summed E-state index contributed by atoms with van der Waals surface area (Å²) in [5.41, 5.74) is 1.41. The molecule has 0 aliphatic carbocycles. The van der Waals surface area contributed by atoms with Crippen LogP contribution in [0.3, 0.4) is 0 Å². The van der Waals surface area contributed by atoms with Crippen molar-refractivity contribution < 1.29 is 9.59 Å². The molecule has 1 saturated heterocycles. The highest BCUT2D eigenvalue weighted by atomic mass is 35.5. The van der Waals surface area contributed by atoms with Gasteiger partial charge >= 0.3 is 0 Å². The van der Waals surface area contributed by atoms with Crippen molar-refractivity contribution in [1.29, 1.82) is 0 Å². The molecule has 1 heterocycles. The van der Waals surface area contributed by atoms with Crippen LogP contribution in [0.1, 0.15) is 5.56 Å². The summed E-state index contributed by atoms with van der Waals surface area (Å²) >= 11 is 6.77. The number of thioether (sulfide) groups is 1. The summed E-state index contributed by atoms with van der Waals surface area (Å²) < 4.78 is 0. The van der Waals surface area contributed by atoms with Crippen LogP contribution in [0, 0.1) is 0 Å². The van der Waals surface area contributed by atoms with E-state index in [1.54, 1.807) is 54.6 Å². The van der Waals surface area contributed by atoms with Crippen molar-refractivity contribution in [2.45, 2.75) is 0 Å². The highest BCUT2D eigenvalue weighted by Crippen LogP contribution is 2.35. The predicted molar refractivity (Wildman–Crippen MR) is 86.3 cm³/mol. The van der Waals surface area contributed by atoms with Crippen LogP contribution in [-0.4, -0.2) is 11.1 Å². The molecule has 0 atom stereocenters. The second kappa shape index (κ2) is 5.76. The maximum atomic E-state index is 12.4. The van der Waals surface area contributed by atoms with Gasteiger partial charge in [-0.1, -0.05) is 41.9 Å². The predicted octanol–water partition coefficient (Wildman–Crippen LogP) is 4.58. The molecule has 5 heteroatoms. The maximum absolute atomic E-state index is 12.4. The zero-order valence-electron chi connectivity index (χ0n) is 10.8. The van der Waals surface area contributed by atoms with Gasteiger partial charge in [0.05, 0.1) is 10.6 Å². The topological polar surface area (TPSA) is 37.4 Å². The molecule has 104 valence electrons. The molecule has 0 N–H and O–H groups in total. The number of nitrogens with zero attached hydrogens (tertiary/aromatic N) is 1. The van der Waals surface area contributed by atoms with E-state index in [1.807, 2.05) is 6.07 Å². The first-order valence-electron chi connectivity index (χ1n) is 6.24. The minimum absolute atomic E-state index is 0.286. The standard InChI is InChI=1S/C16H10ClNO2S/c17-12-8-6-11(7-9-12)10-14-15(19)18(16(20)21-14)13-4-2-1-3-5-13/h1-10H. The molecular formula is C16H10ClNO2S. The molecule has 1 aliphatic rings. The molecule has 0 aromatic heterocycles. The van der Waals surface area contributed by atoms with E-state index < -0.39 is 0 Å². The molecule has 21 heavy (non-hydrogen) atoms. The lowest BCUT2D eigenvalue weighted by Crippen LogP contribution is -2.27. The molecule has 0 radical (unpaired) electrons. The number of halogens is 1. The number of imide groups is 1. The van der Waals surface area contributed by atoms with E-state index in [0.29, 0.717) is 15.6 Å². The fourth-order valence-corrected chi connectivity index (χ4v) is 2.95. The number of anilines is 1. The molecule has 1 aliphatic heterocycles. The van der Waals surface area contributed by atoms with Crippen LogP contribution >= 0.6 is 23.4 Å². The average molecular weight is 316 g/mol. The minimum Gasteiger partial charge on any atom is -0.268 e. The normalized spacial score (nSPS) is 16.8. The monoisotopic (exact) mass is 315 g/mol. The van der Waals surface area contributed by atoms with E-state index in [0.717, 1.165) is 17.3 Å².